The van der Waals surface area contributed by atoms with Crippen molar-refractivity contribution < 1.29 is 9.53 Å². The number of hydrogen-bond acceptors (Lipinski definition) is 5. The monoisotopic (exact) mass is 297 g/mol. The Morgan fingerprint density at radius 1 is 1.14 bits per heavy atom. The SMILES string of the molecule is C=CC(=O)OCCN1CN(C(C)CC)CN(C(C)CC)C1. The third-order valence-corrected chi connectivity index (χ3v) is 4.37. The summed E-state index contributed by atoms with van der Waals surface area (Å²) in [6.45, 7) is 16.5. The van der Waals surface area contributed by atoms with Crippen molar-refractivity contribution in [2.75, 3.05) is 33.2 Å². The molecule has 0 bridgehead atoms. The fourth-order valence-corrected chi connectivity index (χ4v) is 2.43. The van der Waals surface area contributed by atoms with Gasteiger partial charge in [0.1, 0.15) is 6.61 Å². The summed E-state index contributed by atoms with van der Waals surface area (Å²) in [6, 6.07) is 1.13. The molecule has 122 valence electrons. The van der Waals surface area contributed by atoms with E-state index in [-0.39, 0.29) is 5.97 Å². The smallest absolute Gasteiger partial charge is 0.330 e. The number of ether oxygens (including phenoxy) is 1. The van der Waals surface area contributed by atoms with Crippen molar-refractivity contribution >= 4 is 5.97 Å². The molecule has 1 aliphatic heterocycles. The molecular formula is C16H31N3O2. The normalized spacial score (nSPS) is 21.0. The molecule has 2 unspecified atom stereocenters. The van der Waals surface area contributed by atoms with E-state index in [1.54, 1.807) is 0 Å². The molecule has 0 aliphatic carbocycles. The second-order valence-electron chi connectivity index (χ2n) is 5.88. The van der Waals surface area contributed by atoms with Crippen LogP contribution in [0.5, 0.6) is 0 Å². The van der Waals surface area contributed by atoms with Crippen LogP contribution in [-0.4, -0.2) is 65.9 Å². The number of rotatable bonds is 8. The predicted molar refractivity (Wildman–Crippen MR) is 85.6 cm³/mol. The highest BCUT2D eigenvalue weighted by Gasteiger charge is 2.27. The van der Waals surface area contributed by atoms with E-state index in [9.17, 15) is 4.79 Å². The summed E-state index contributed by atoms with van der Waals surface area (Å²) >= 11 is 0. The van der Waals surface area contributed by atoms with Crippen molar-refractivity contribution in [1.82, 2.24) is 14.7 Å². The topological polar surface area (TPSA) is 36.0 Å². The molecule has 21 heavy (non-hydrogen) atoms. The lowest BCUT2D eigenvalue weighted by molar-refractivity contribution is -0.139. The number of nitrogens with zero attached hydrogens (tertiary/aromatic N) is 3. The minimum absolute atomic E-state index is 0.343. The van der Waals surface area contributed by atoms with Crippen molar-refractivity contribution in [2.24, 2.45) is 0 Å². The van der Waals surface area contributed by atoms with Gasteiger partial charge in [0.2, 0.25) is 0 Å². The highest BCUT2D eigenvalue weighted by molar-refractivity contribution is 5.81. The van der Waals surface area contributed by atoms with Crippen molar-refractivity contribution in [1.29, 1.82) is 0 Å². The first-order valence-electron chi connectivity index (χ1n) is 8.01. The van der Waals surface area contributed by atoms with Gasteiger partial charge in [-0.3, -0.25) is 14.7 Å². The van der Waals surface area contributed by atoms with Crippen LogP contribution in [0.1, 0.15) is 40.5 Å². The van der Waals surface area contributed by atoms with E-state index >= 15 is 0 Å². The van der Waals surface area contributed by atoms with E-state index in [1.807, 2.05) is 0 Å². The van der Waals surface area contributed by atoms with Crippen LogP contribution in [0.15, 0.2) is 12.7 Å². The van der Waals surface area contributed by atoms with Gasteiger partial charge in [-0.05, 0) is 26.7 Å². The van der Waals surface area contributed by atoms with Gasteiger partial charge in [0.05, 0.1) is 20.0 Å². The molecule has 5 nitrogen and oxygen atoms in total. The summed E-state index contributed by atoms with van der Waals surface area (Å²) in [5, 5.41) is 0. The predicted octanol–water partition coefficient (Wildman–Crippen LogP) is 2.10. The summed E-state index contributed by atoms with van der Waals surface area (Å²) in [5.41, 5.74) is 0. The molecule has 0 radical (unpaired) electrons. The first-order chi connectivity index (χ1) is 10.0. The fourth-order valence-electron chi connectivity index (χ4n) is 2.43. The average Bonchev–Trinajstić information content (AvgIpc) is 2.52. The molecule has 2 atom stereocenters. The Labute approximate surface area is 129 Å². The van der Waals surface area contributed by atoms with Crippen LogP contribution in [0.3, 0.4) is 0 Å². The molecule has 0 N–H and O–H groups in total. The van der Waals surface area contributed by atoms with Gasteiger partial charge in [-0.2, -0.15) is 0 Å². The first-order valence-corrected chi connectivity index (χ1v) is 8.01. The van der Waals surface area contributed by atoms with Crippen molar-refractivity contribution in [3.8, 4) is 0 Å². The van der Waals surface area contributed by atoms with Crippen LogP contribution < -0.4 is 0 Å². The van der Waals surface area contributed by atoms with Gasteiger partial charge in [-0.1, -0.05) is 20.4 Å². The van der Waals surface area contributed by atoms with Gasteiger partial charge < -0.3 is 4.74 Å². The highest BCUT2D eigenvalue weighted by Crippen LogP contribution is 2.16. The van der Waals surface area contributed by atoms with E-state index in [0.29, 0.717) is 18.7 Å². The number of esters is 1. The zero-order valence-corrected chi connectivity index (χ0v) is 14.0. The van der Waals surface area contributed by atoms with E-state index in [1.165, 1.54) is 6.08 Å². The Kier molecular flexibility index (Phi) is 7.93. The van der Waals surface area contributed by atoms with Gasteiger partial charge in [-0.25, -0.2) is 4.79 Å². The largest absolute Gasteiger partial charge is 0.461 e. The maximum Gasteiger partial charge on any atom is 0.330 e. The highest BCUT2D eigenvalue weighted by atomic mass is 16.5. The zero-order chi connectivity index (χ0) is 15.8. The molecule has 5 heteroatoms. The third-order valence-electron chi connectivity index (χ3n) is 4.37. The Hall–Kier alpha value is -0.910. The Bertz CT molecular complexity index is 317. The van der Waals surface area contributed by atoms with Crippen molar-refractivity contribution in [2.45, 2.75) is 52.6 Å². The maximum absolute atomic E-state index is 11.1. The lowest BCUT2D eigenvalue weighted by Gasteiger charge is -2.46. The molecule has 0 spiro atoms. The minimum Gasteiger partial charge on any atom is -0.461 e. The van der Waals surface area contributed by atoms with E-state index in [2.05, 4.69) is 49.0 Å². The maximum atomic E-state index is 11.1. The molecule has 0 aromatic carbocycles. The molecule has 1 aliphatic rings. The van der Waals surface area contributed by atoms with E-state index in [4.69, 9.17) is 4.74 Å². The fraction of sp³-hybridized carbons (Fsp3) is 0.812. The molecule has 0 saturated carbocycles. The van der Waals surface area contributed by atoms with Gasteiger partial charge in [0, 0.05) is 24.7 Å². The zero-order valence-electron chi connectivity index (χ0n) is 14.0. The summed E-state index contributed by atoms with van der Waals surface area (Å²) in [6.07, 6.45) is 3.51. The van der Waals surface area contributed by atoms with Crippen LogP contribution in [-0.2, 0) is 9.53 Å². The molecule has 1 saturated heterocycles. The Balaban J connectivity index is 2.56. The molecular weight excluding hydrogens is 266 g/mol. The van der Waals surface area contributed by atoms with Crippen LogP contribution >= 0.6 is 0 Å². The molecule has 0 aromatic heterocycles. The average molecular weight is 297 g/mol. The summed E-state index contributed by atoms with van der Waals surface area (Å²) in [7, 11) is 0. The second-order valence-corrected chi connectivity index (χ2v) is 5.88. The van der Waals surface area contributed by atoms with Crippen LogP contribution in [0.4, 0.5) is 0 Å². The summed E-state index contributed by atoms with van der Waals surface area (Å²) < 4.78 is 5.10. The van der Waals surface area contributed by atoms with Crippen LogP contribution in [0.25, 0.3) is 0 Å². The minimum atomic E-state index is -0.343. The number of hydrogen-bond donors (Lipinski definition) is 0. The van der Waals surface area contributed by atoms with Gasteiger partial charge in [0.25, 0.3) is 0 Å². The van der Waals surface area contributed by atoms with Gasteiger partial charge in [0.15, 0.2) is 0 Å². The summed E-state index contributed by atoms with van der Waals surface area (Å²) in [5.74, 6) is -0.343. The molecule has 1 fully saturated rings. The second kappa shape index (κ2) is 9.18. The summed E-state index contributed by atoms with van der Waals surface area (Å²) in [4.78, 5) is 18.4. The molecule has 1 heterocycles. The first kappa shape index (κ1) is 18.1. The quantitative estimate of drug-likeness (QED) is 0.506. The van der Waals surface area contributed by atoms with E-state index in [0.717, 1.165) is 39.4 Å². The van der Waals surface area contributed by atoms with E-state index < -0.39 is 0 Å². The lowest BCUT2D eigenvalue weighted by atomic mass is 10.2. The number of carbonyl (C=O) groups excluding carboxylic acids is 1. The van der Waals surface area contributed by atoms with Gasteiger partial charge in [-0.15, -0.1) is 0 Å². The van der Waals surface area contributed by atoms with Crippen molar-refractivity contribution in [3.05, 3.63) is 12.7 Å². The Morgan fingerprint density at radius 3 is 2.10 bits per heavy atom. The molecule has 0 aromatic rings. The van der Waals surface area contributed by atoms with Crippen LogP contribution in [0, 0.1) is 0 Å². The standard InChI is InChI=1S/C16H31N3O2/c1-6-14(4)18-11-17(9-10-21-16(20)8-3)12-19(13-18)15(5)7-2/h8,14-15H,3,6-7,9-13H2,1-2,4-5H3. The number of carbonyl (C=O) groups is 1. The Morgan fingerprint density at radius 2 is 1.67 bits per heavy atom. The van der Waals surface area contributed by atoms with Crippen molar-refractivity contribution in [3.63, 3.8) is 0 Å². The van der Waals surface area contributed by atoms with Crippen LogP contribution in [0.2, 0.25) is 0 Å². The lowest BCUT2D eigenvalue weighted by Crippen LogP contribution is -2.59. The van der Waals surface area contributed by atoms with Gasteiger partial charge >= 0.3 is 5.97 Å². The molecule has 0 amide bonds. The third kappa shape index (κ3) is 5.77. The molecule has 1 rings (SSSR count).